The van der Waals surface area contributed by atoms with Crippen molar-refractivity contribution in [2.24, 2.45) is 0 Å². The number of hydrogen-bond donors (Lipinski definition) is 1. The molecule has 0 saturated carbocycles. The number of nitrogens with zero attached hydrogens (tertiary/aromatic N) is 4. The zero-order valence-corrected chi connectivity index (χ0v) is 13.3. The molecule has 0 bridgehead atoms. The lowest BCUT2D eigenvalue weighted by Gasteiger charge is -2.37. The lowest BCUT2D eigenvalue weighted by molar-refractivity contribution is 0.122. The lowest BCUT2D eigenvalue weighted by atomic mass is 10.2. The van der Waals surface area contributed by atoms with Crippen LogP contribution in [0.5, 0.6) is 0 Å². The van der Waals surface area contributed by atoms with Gasteiger partial charge >= 0.3 is 0 Å². The number of likely N-dealkylation sites (N-methyl/N-ethyl adjacent to an activating group) is 2. The van der Waals surface area contributed by atoms with Gasteiger partial charge in [0.1, 0.15) is 16.8 Å². The van der Waals surface area contributed by atoms with Crippen molar-refractivity contribution in [3.63, 3.8) is 0 Å². The van der Waals surface area contributed by atoms with E-state index in [9.17, 15) is 0 Å². The Morgan fingerprint density at radius 2 is 2.15 bits per heavy atom. The molecule has 5 nitrogen and oxygen atoms in total. The Bertz CT molecular complexity index is 440. The van der Waals surface area contributed by atoms with E-state index in [1.165, 1.54) is 0 Å². The highest BCUT2D eigenvalue weighted by molar-refractivity contribution is 6.29. The molecule has 2 rings (SSSR count). The maximum atomic E-state index is 6.05. The number of aromatic nitrogens is 2. The maximum absolute atomic E-state index is 6.05. The van der Waals surface area contributed by atoms with Crippen LogP contribution < -0.4 is 5.32 Å². The van der Waals surface area contributed by atoms with Gasteiger partial charge in [-0.25, -0.2) is 9.97 Å². The molecule has 1 saturated heterocycles. The van der Waals surface area contributed by atoms with E-state index in [4.69, 9.17) is 11.6 Å². The van der Waals surface area contributed by atoms with Crippen LogP contribution in [0.2, 0.25) is 5.15 Å². The van der Waals surface area contributed by atoms with Gasteiger partial charge in [0.15, 0.2) is 0 Å². The average molecular weight is 298 g/mol. The molecular formula is C14H24ClN5. The molecule has 6 heteroatoms. The van der Waals surface area contributed by atoms with Gasteiger partial charge in [-0.1, -0.05) is 18.5 Å². The van der Waals surface area contributed by atoms with Gasteiger partial charge in [-0.15, -0.1) is 0 Å². The highest BCUT2D eigenvalue weighted by atomic mass is 35.5. The Labute approximate surface area is 126 Å². The molecule has 20 heavy (non-hydrogen) atoms. The molecule has 112 valence electrons. The number of hydrogen-bond acceptors (Lipinski definition) is 5. The third-order valence-corrected chi connectivity index (χ3v) is 3.91. The predicted molar refractivity (Wildman–Crippen MR) is 83.4 cm³/mol. The van der Waals surface area contributed by atoms with Crippen molar-refractivity contribution >= 4 is 17.4 Å². The fourth-order valence-electron chi connectivity index (χ4n) is 2.43. The van der Waals surface area contributed by atoms with Gasteiger partial charge in [0.2, 0.25) is 0 Å². The second kappa shape index (κ2) is 7.20. The number of aryl methyl sites for hydroxylation is 1. The van der Waals surface area contributed by atoms with Gasteiger partial charge in [-0.05, 0) is 20.5 Å². The molecule has 0 aromatic carbocycles. The van der Waals surface area contributed by atoms with Crippen molar-refractivity contribution in [1.82, 2.24) is 19.8 Å². The monoisotopic (exact) mass is 297 g/mol. The molecule has 1 atom stereocenters. The first-order valence-corrected chi connectivity index (χ1v) is 7.62. The van der Waals surface area contributed by atoms with E-state index in [1.807, 2.05) is 0 Å². The summed E-state index contributed by atoms with van der Waals surface area (Å²) in [5.74, 6) is 1.65. The summed E-state index contributed by atoms with van der Waals surface area (Å²) in [5, 5.41) is 3.92. The van der Waals surface area contributed by atoms with Crippen LogP contribution in [0.1, 0.15) is 19.2 Å². The van der Waals surface area contributed by atoms with Gasteiger partial charge in [0, 0.05) is 44.7 Å². The SMILES string of the molecule is CCCc1nc(Cl)cc(NCC2CN(C)CCN2C)n1. The molecule has 1 aromatic rings. The minimum Gasteiger partial charge on any atom is -0.368 e. The topological polar surface area (TPSA) is 44.3 Å². The fraction of sp³-hybridized carbons (Fsp3) is 0.714. The molecule has 1 aliphatic heterocycles. The van der Waals surface area contributed by atoms with E-state index < -0.39 is 0 Å². The first-order valence-electron chi connectivity index (χ1n) is 7.24. The Morgan fingerprint density at radius 3 is 2.90 bits per heavy atom. The second-order valence-electron chi connectivity index (χ2n) is 5.52. The standard InChI is InChI=1S/C14H24ClN5/c1-4-5-13-17-12(15)8-14(18-13)16-9-11-10-19(2)6-7-20(11)3/h8,11H,4-7,9-10H2,1-3H3,(H,16,17,18). The first-order chi connectivity index (χ1) is 9.58. The van der Waals surface area contributed by atoms with Crippen molar-refractivity contribution in [3.05, 3.63) is 17.0 Å². The molecule has 0 radical (unpaired) electrons. The summed E-state index contributed by atoms with van der Waals surface area (Å²) in [6.45, 7) is 6.30. The van der Waals surface area contributed by atoms with Crippen LogP contribution in [-0.2, 0) is 6.42 Å². The zero-order chi connectivity index (χ0) is 14.5. The van der Waals surface area contributed by atoms with E-state index in [0.29, 0.717) is 11.2 Å². The zero-order valence-electron chi connectivity index (χ0n) is 12.6. The van der Waals surface area contributed by atoms with Gasteiger partial charge in [-0.3, -0.25) is 4.90 Å². The molecule has 0 spiro atoms. The van der Waals surface area contributed by atoms with Crippen LogP contribution in [-0.4, -0.2) is 66.1 Å². The third-order valence-electron chi connectivity index (χ3n) is 3.71. The summed E-state index contributed by atoms with van der Waals surface area (Å²) in [7, 11) is 4.34. The molecule has 2 heterocycles. The highest BCUT2D eigenvalue weighted by Crippen LogP contribution is 2.14. The first kappa shape index (κ1) is 15.5. The third kappa shape index (κ3) is 4.30. The highest BCUT2D eigenvalue weighted by Gasteiger charge is 2.21. The van der Waals surface area contributed by atoms with Crippen LogP contribution in [0.15, 0.2) is 6.07 Å². The van der Waals surface area contributed by atoms with Crippen LogP contribution in [0.3, 0.4) is 0 Å². The van der Waals surface area contributed by atoms with E-state index in [2.05, 4.69) is 46.1 Å². The Balaban J connectivity index is 1.95. The smallest absolute Gasteiger partial charge is 0.134 e. The van der Waals surface area contributed by atoms with E-state index in [1.54, 1.807) is 6.07 Å². The average Bonchev–Trinajstić information content (AvgIpc) is 2.40. The van der Waals surface area contributed by atoms with Gasteiger partial charge < -0.3 is 10.2 Å². The number of anilines is 1. The van der Waals surface area contributed by atoms with Crippen molar-refractivity contribution in [3.8, 4) is 0 Å². The van der Waals surface area contributed by atoms with Crippen LogP contribution in [0, 0.1) is 0 Å². The van der Waals surface area contributed by atoms with Crippen LogP contribution in [0.25, 0.3) is 0 Å². The summed E-state index contributed by atoms with van der Waals surface area (Å²) in [6, 6.07) is 2.30. The largest absolute Gasteiger partial charge is 0.368 e. The Hall–Kier alpha value is -0.910. The van der Waals surface area contributed by atoms with E-state index >= 15 is 0 Å². The Kier molecular flexibility index (Phi) is 5.57. The van der Waals surface area contributed by atoms with Gasteiger partial charge in [0.05, 0.1) is 0 Å². The molecule has 1 unspecified atom stereocenters. The molecule has 0 amide bonds. The predicted octanol–water partition coefficient (Wildman–Crippen LogP) is 1.74. The summed E-state index contributed by atoms with van der Waals surface area (Å²) in [5.41, 5.74) is 0. The lowest BCUT2D eigenvalue weighted by Crippen LogP contribution is -2.52. The molecule has 1 aliphatic rings. The summed E-state index contributed by atoms with van der Waals surface area (Å²) < 4.78 is 0. The van der Waals surface area contributed by atoms with Gasteiger partial charge in [-0.2, -0.15) is 0 Å². The minimum atomic E-state index is 0.497. The minimum absolute atomic E-state index is 0.497. The van der Waals surface area contributed by atoms with E-state index in [0.717, 1.165) is 50.7 Å². The van der Waals surface area contributed by atoms with E-state index in [-0.39, 0.29) is 0 Å². The molecule has 1 fully saturated rings. The Morgan fingerprint density at radius 1 is 1.35 bits per heavy atom. The van der Waals surface area contributed by atoms with Crippen molar-refractivity contribution < 1.29 is 0 Å². The number of piperazine rings is 1. The fourth-order valence-corrected chi connectivity index (χ4v) is 2.64. The van der Waals surface area contributed by atoms with Gasteiger partial charge in [0.25, 0.3) is 0 Å². The normalized spacial score (nSPS) is 21.1. The molecule has 0 aliphatic carbocycles. The maximum Gasteiger partial charge on any atom is 0.134 e. The molecular weight excluding hydrogens is 274 g/mol. The number of halogens is 1. The molecule has 1 aromatic heterocycles. The van der Waals surface area contributed by atoms with Crippen molar-refractivity contribution in [1.29, 1.82) is 0 Å². The second-order valence-corrected chi connectivity index (χ2v) is 5.91. The van der Waals surface area contributed by atoms with Crippen molar-refractivity contribution in [2.75, 3.05) is 45.6 Å². The summed E-state index contributed by atoms with van der Waals surface area (Å²) in [6.07, 6.45) is 1.89. The number of nitrogens with one attached hydrogen (secondary N) is 1. The van der Waals surface area contributed by atoms with Crippen molar-refractivity contribution in [2.45, 2.75) is 25.8 Å². The number of rotatable bonds is 5. The summed E-state index contributed by atoms with van der Waals surface area (Å²) >= 11 is 6.05. The summed E-state index contributed by atoms with van der Waals surface area (Å²) in [4.78, 5) is 13.5. The van der Waals surface area contributed by atoms with Crippen LogP contribution in [0.4, 0.5) is 5.82 Å². The van der Waals surface area contributed by atoms with Crippen LogP contribution >= 0.6 is 11.6 Å². The molecule has 1 N–H and O–H groups in total. The quantitative estimate of drug-likeness (QED) is 0.839.